The third-order valence-corrected chi connectivity index (χ3v) is 5.77. The van der Waals surface area contributed by atoms with Crippen LogP contribution < -0.4 is 5.14 Å². The molecule has 0 aliphatic heterocycles. The molecule has 11 heteroatoms. The lowest BCUT2D eigenvalue weighted by molar-refractivity contribution is 0.594. The minimum atomic E-state index is -3.91. The molecule has 0 radical (unpaired) electrons. The monoisotopic (exact) mass is 371 g/mol. The fourth-order valence-electron chi connectivity index (χ4n) is 1.76. The number of nitrogens with zero attached hydrogens (tertiary/aromatic N) is 4. The summed E-state index contributed by atoms with van der Waals surface area (Å²) in [4.78, 5) is 4.69. The number of hydrogen-bond donors (Lipinski definition) is 1. The van der Waals surface area contributed by atoms with E-state index in [-0.39, 0.29) is 4.34 Å². The molecule has 2 aromatic heterocycles. The van der Waals surface area contributed by atoms with E-state index in [4.69, 9.17) is 22.0 Å². The van der Waals surface area contributed by atoms with Gasteiger partial charge in [-0.2, -0.15) is 9.78 Å². The van der Waals surface area contributed by atoms with Crippen molar-refractivity contribution in [3.63, 3.8) is 0 Å². The average Bonchev–Trinajstić information content (AvgIpc) is 2.99. The number of thiocyanates is 1. The standard InChI is InChI=1S/C11H6ClN5O2S3/c12-7-3-1-6(2-4-7)8-9(20-5-13)17-10(15-8)21-11(16-17)22(14,18)19/h1-4H,(H2,14,18,19). The Morgan fingerprint density at radius 1 is 1.36 bits per heavy atom. The molecule has 0 unspecified atom stereocenters. The van der Waals surface area contributed by atoms with Gasteiger partial charge in [0.1, 0.15) is 16.1 Å². The summed E-state index contributed by atoms with van der Waals surface area (Å²) >= 11 is 7.54. The molecule has 7 nitrogen and oxygen atoms in total. The van der Waals surface area contributed by atoms with Crippen LogP contribution in [0, 0.1) is 10.7 Å². The number of rotatable bonds is 3. The molecule has 0 atom stereocenters. The summed E-state index contributed by atoms with van der Waals surface area (Å²) in [6, 6.07) is 6.93. The van der Waals surface area contributed by atoms with Gasteiger partial charge in [-0.15, -0.1) is 5.10 Å². The largest absolute Gasteiger partial charge is 0.267 e. The third-order valence-electron chi connectivity index (χ3n) is 2.65. The maximum atomic E-state index is 11.4. The van der Waals surface area contributed by atoms with Crippen LogP contribution in [0.25, 0.3) is 16.2 Å². The quantitative estimate of drug-likeness (QED) is 0.558. The Morgan fingerprint density at radius 3 is 2.64 bits per heavy atom. The van der Waals surface area contributed by atoms with Crippen molar-refractivity contribution < 1.29 is 8.42 Å². The molecule has 0 saturated carbocycles. The minimum Gasteiger partial charge on any atom is -0.223 e. The zero-order valence-corrected chi connectivity index (χ0v) is 13.8. The molecular weight excluding hydrogens is 366 g/mol. The lowest BCUT2D eigenvalue weighted by atomic mass is 10.2. The summed E-state index contributed by atoms with van der Waals surface area (Å²) in [5.74, 6) is 0. The Hall–Kier alpha value is -1.64. The third kappa shape index (κ3) is 2.69. The van der Waals surface area contributed by atoms with Crippen LogP contribution in [0.1, 0.15) is 0 Å². The van der Waals surface area contributed by atoms with Crippen LogP contribution in [0.4, 0.5) is 0 Å². The minimum absolute atomic E-state index is 0.252. The average molecular weight is 372 g/mol. The smallest absolute Gasteiger partial charge is 0.223 e. The summed E-state index contributed by atoms with van der Waals surface area (Å²) in [7, 11) is -3.91. The molecule has 0 aliphatic carbocycles. The first kappa shape index (κ1) is 15.3. The second-order valence-electron chi connectivity index (χ2n) is 4.07. The van der Waals surface area contributed by atoms with E-state index < -0.39 is 10.0 Å². The Labute approximate surface area is 138 Å². The van der Waals surface area contributed by atoms with Gasteiger partial charge in [0.25, 0.3) is 10.0 Å². The van der Waals surface area contributed by atoms with Crippen molar-refractivity contribution in [2.24, 2.45) is 5.14 Å². The molecule has 2 N–H and O–H groups in total. The second kappa shape index (κ2) is 5.53. The number of fused-ring (bicyclic) bond motifs is 1. The highest BCUT2D eigenvalue weighted by atomic mass is 35.5. The first-order valence-corrected chi connectivity index (χ1v) is 9.20. The first-order valence-electron chi connectivity index (χ1n) is 5.64. The van der Waals surface area contributed by atoms with Crippen LogP contribution in [-0.4, -0.2) is 23.0 Å². The molecule has 22 heavy (non-hydrogen) atoms. The SMILES string of the molecule is N#CSc1c(-c2ccc(Cl)cc2)nc2sc(S(N)(=O)=O)nn12. The fraction of sp³-hybridized carbons (Fsp3) is 0. The predicted molar refractivity (Wildman–Crippen MR) is 84.2 cm³/mol. The number of benzene rings is 1. The van der Waals surface area contributed by atoms with E-state index in [1.807, 2.05) is 5.40 Å². The van der Waals surface area contributed by atoms with E-state index in [9.17, 15) is 8.42 Å². The topological polar surface area (TPSA) is 114 Å². The van der Waals surface area contributed by atoms with Crippen LogP contribution in [0.5, 0.6) is 0 Å². The number of primary sulfonamides is 1. The Bertz CT molecular complexity index is 1000. The van der Waals surface area contributed by atoms with Gasteiger partial charge in [0.05, 0.1) is 0 Å². The summed E-state index contributed by atoms with van der Waals surface area (Å²) in [5.41, 5.74) is 1.28. The van der Waals surface area contributed by atoms with Crippen LogP contribution >= 0.6 is 34.7 Å². The molecule has 112 valence electrons. The van der Waals surface area contributed by atoms with Gasteiger partial charge in [-0.05, 0) is 12.1 Å². The number of nitriles is 1. The van der Waals surface area contributed by atoms with Crippen molar-refractivity contribution in [2.45, 2.75) is 9.37 Å². The van der Waals surface area contributed by atoms with Gasteiger partial charge in [-0.1, -0.05) is 35.1 Å². The number of thioether (sulfide) groups is 1. The van der Waals surface area contributed by atoms with Crippen molar-refractivity contribution in [1.29, 1.82) is 5.26 Å². The van der Waals surface area contributed by atoms with Gasteiger partial charge in [-0.25, -0.2) is 18.5 Å². The zero-order chi connectivity index (χ0) is 15.9. The molecule has 3 aromatic rings. The lowest BCUT2D eigenvalue weighted by Crippen LogP contribution is -2.12. The number of nitrogens with two attached hydrogens (primary N) is 1. The van der Waals surface area contributed by atoms with Crippen LogP contribution in [-0.2, 0) is 10.0 Å². The number of aromatic nitrogens is 3. The Balaban J connectivity index is 2.23. The van der Waals surface area contributed by atoms with Crippen LogP contribution in [0.3, 0.4) is 0 Å². The Kier molecular flexibility index (Phi) is 3.84. The molecule has 3 rings (SSSR count). The number of hydrogen-bond acceptors (Lipinski definition) is 7. The van der Waals surface area contributed by atoms with Crippen molar-refractivity contribution in [3.8, 4) is 16.7 Å². The van der Waals surface area contributed by atoms with Gasteiger partial charge < -0.3 is 0 Å². The fourth-order valence-corrected chi connectivity index (χ4v) is 4.02. The molecule has 0 fully saturated rings. The van der Waals surface area contributed by atoms with E-state index >= 15 is 0 Å². The summed E-state index contributed by atoms with van der Waals surface area (Å²) in [6.07, 6.45) is 0. The maximum Gasteiger partial charge on any atom is 0.267 e. The van der Waals surface area contributed by atoms with Gasteiger partial charge in [0.15, 0.2) is 0 Å². The molecule has 0 aliphatic rings. The zero-order valence-electron chi connectivity index (χ0n) is 10.6. The second-order valence-corrected chi connectivity index (χ2v) is 7.97. The molecule has 1 aromatic carbocycles. The summed E-state index contributed by atoms with van der Waals surface area (Å²) in [6.45, 7) is 0. The summed E-state index contributed by atoms with van der Waals surface area (Å²) < 4.78 is 23.8. The van der Waals surface area contributed by atoms with Crippen molar-refractivity contribution >= 4 is 49.7 Å². The van der Waals surface area contributed by atoms with E-state index in [0.29, 0.717) is 20.7 Å². The number of imidazole rings is 1. The first-order chi connectivity index (χ1) is 10.4. The van der Waals surface area contributed by atoms with E-state index in [0.717, 1.165) is 28.7 Å². The van der Waals surface area contributed by atoms with Gasteiger partial charge in [0, 0.05) is 22.3 Å². The molecule has 0 bridgehead atoms. The summed E-state index contributed by atoms with van der Waals surface area (Å²) in [5, 5.41) is 20.9. The van der Waals surface area contributed by atoms with Crippen LogP contribution in [0.15, 0.2) is 33.6 Å². The highest BCUT2D eigenvalue weighted by Crippen LogP contribution is 2.34. The highest BCUT2D eigenvalue weighted by molar-refractivity contribution is 8.03. The Morgan fingerprint density at radius 2 is 2.05 bits per heavy atom. The molecule has 0 saturated heterocycles. The molecule has 0 spiro atoms. The normalized spacial score (nSPS) is 11.7. The van der Waals surface area contributed by atoms with Crippen molar-refractivity contribution in [2.75, 3.05) is 0 Å². The van der Waals surface area contributed by atoms with E-state index in [2.05, 4.69) is 10.1 Å². The molecular formula is C11H6ClN5O2S3. The van der Waals surface area contributed by atoms with Crippen LogP contribution in [0.2, 0.25) is 5.02 Å². The number of halogens is 1. The maximum absolute atomic E-state index is 11.4. The predicted octanol–water partition coefficient (Wildman–Crippen LogP) is 2.33. The lowest BCUT2D eigenvalue weighted by Gasteiger charge is -1.99. The van der Waals surface area contributed by atoms with Crippen molar-refractivity contribution in [3.05, 3.63) is 29.3 Å². The molecule has 2 heterocycles. The van der Waals surface area contributed by atoms with Gasteiger partial charge in [-0.3, -0.25) is 0 Å². The number of sulfonamides is 1. The van der Waals surface area contributed by atoms with E-state index in [1.54, 1.807) is 24.3 Å². The van der Waals surface area contributed by atoms with Gasteiger partial charge in [0.2, 0.25) is 9.30 Å². The molecule has 0 amide bonds. The van der Waals surface area contributed by atoms with Gasteiger partial charge >= 0.3 is 0 Å². The highest BCUT2D eigenvalue weighted by Gasteiger charge is 2.22. The van der Waals surface area contributed by atoms with E-state index in [1.165, 1.54) is 4.52 Å². The van der Waals surface area contributed by atoms with Crippen molar-refractivity contribution in [1.82, 2.24) is 14.6 Å².